The second-order valence-corrected chi connectivity index (χ2v) is 4.91. The maximum absolute atomic E-state index is 12.2. The monoisotopic (exact) mass is 333 g/mol. The van der Waals surface area contributed by atoms with Gasteiger partial charge in [-0.25, -0.2) is 0 Å². The van der Waals surface area contributed by atoms with Gasteiger partial charge in [-0.3, -0.25) is 4.79 Å². The number of nitrogens with two attached hydrogens (primary N) is 1. The zero-order valence-electron chi connectivity index (χ0n) is 10.4. The van der Waals surface area contributed by atoms with Crippen molar-refractivity contribution in [2.24, 2.45) is 10.9 Å². The van der Waals surface area contributed by atoms with Gasteiger partial charge in [0, 0.05) is 15.6 Å². The third kappa shape index (κ3) is 3.16. The Morgan fingerprint density at radius 3 is 2.65 bits per heavy atom. The van der Waals surface area contributed by atoms with Gasteiger partial charge in [0.05, 0.1) is 5.69 Å². The van der Waals surface area contributed by atoms with Gasteiger partial charge in [-0.05, 0) is 30.3 Å². The number of nitrogens with zero attached hydrogens (tertiary/aromatic N) is 1. The molecule has 4 N–H and O–H groups in total. The molecule has 0 atom stereocenters. The van der Waals surface area contributed by atoms with Gasteiger partial charge in [-0.1, -0.05) is 39.3 Å². The number of para-hydroxylation sites is 1. The van der Waals surface area contributed by atoms with Crippen LogP contribution in [0.4, 0.5) is 5.69 Å². The molecule has 20 heavy (non-hydrogen) atoms. The highest BCUT2D eigenvalue weighted by Crippen LogP contribution is 2.17. The van der Waals surface area contributed by atoms with Crippen LogP contribution < -0.4 is 11.1 Å². The van der Waals surface area contributed by atoms with Crippen molar-refractivity contribution in [1.82, 2.24) is 0 Å². The number of rotatable bonds is 3. The topological polar surface area (TPSA) is 87.7 Å². The molecule has 0 aliphatic rings. The first-order valence-corrected chi connectivity index (χ1v) is 6.55. The lowest BCUT2D eigenvalue weighted by Crippen LogP contribution is -2.19. The van der Waals surface area contributed by atoms with E-state index < -0.39 is 0 Å². The van der Waals surface area contributed by atoms with Crippen LogP contribution in [0.25, 0.3) is 0 Å². The van der Waals surface area contributed by atoms with E-state index >= 15 is 0 Å². The van der Waals surface area contributed by atoms with Gasteiger partial charge in [-0.15, -0.1) is 0 Å². The van der Waals surface area contributed by atoms with E-state index in [9.17, 15) is 4.79 Å². The van der Waals surface area contributed by atoms with Crippen molar-refractivity contribution < 1.29 is 10.0 Å². The molecule has 0 spiro atoms. The largest absolute Gasteiger partial charge is 0.409 e. The second kappa shape index (κ2) is 6.21. The zero-order valence-corrected chi connectivity index (χ0v) is 12.0. The van der Waals surface area contributed by atoms with Crippen LogP contribution in [-0.2, 0) is 0 Å². The summed E-state index contributed by atoms with van der Waals surface area (Å²) in [7, 11) is 0. The lowest BCUT2D eigenvalue weighted by Gasteiger charge is -2.10. The predicted molar refractivity (Wildman–Crippen MR) is 81.0 cm³/mol. The van der Waals surface area contributed by atoms with E-state index in [0.29, 0.717) is 16.8 Å². The Bertz CT molecular complexity index is 671. The van der Waals surface area contributed by atoms with Crippen molar-refractivity contribution in [3.8, 4) is 0 Å². The summed E-state index contributed by atoms with van der Waals surface area (Å²) in [5.41, 5.74) is 7.02. The van der Waals surface area contributed by atoms with Crippen LogP contribution in [0.1, 0.15) is 15.9 Å². The van der Waals surface area contributed by atoms with E-state index in [2.05, 4.69) is 26.4 Å². The molecule has 0 aromatic heterocycles. The Kier molecular flexibility index (Phi) is 4.37. The molecule has 5 nitrogen and oxygen atoms in total. The average molecular weight is 334 g/mol. The lowest BCUT2D eigenvalue weighted by atomic mass is 10.1. The Labute approximate surface area is 124 Å². The molecule has 6 heteroatoms. The summed E-state index contributed by atoms with van der Waals surface area (Å²) < 4.78 is 0.815. The maximum atomic E-state index is 12.2. The minimum absolute atomic E-state index is 0.0601. The number of amidine groups is 1. The molecule has 0 saturated carbocycles. The van der Waals surface area contributed by atoms with Gasteiger partial charge in [0.25, 0.3) is 5.91 Å². The number of hydrogen-bond acceptors (Lipinski definition) is 3. The standard InChI is InChI=1S/C14H12BrN3O2/c15-10-5-3-4-9(8-10)14(19)17-12-7-2-1-6-11(12)13(16)18-20/h1-8,20H,(H2,16,18)(H,17,19). The predicted octanol–water partition coefficient (Wildman–Crippen LogP) is 2.80. The molecule has 0 bridgehead atoms. The Morgan fingerprint density at radius 1 is 1.20 bits per heavy atom. The smallest absolute Gasteiger partial charge is 0.255 e. The molecule has 0 heterocycles. The minimum Gasteiger partial charge on any atom is -0.409 e. The van der Waals surface area contributed by atoms with E-state index in [4.69, 9.17) is 10.9 Å². The third-order valence-corrected chi connectivity index (χ3v) is 3.14. The minimum atomic E-state index is -0.274. The lowest BCUT2D eigenvalue weighted by molar-refractivity contribution is 0.102. The Balaban J connectivity index is 2.29. The quantitative estimate of drug-likeness (QED) is 0.349. The van der Waals surface area contributed by atoms with Gasteiger partial charge in [-0.2, -0.15) is 0 Å². The fraction of sp³-hybridized carbons (Fsp3) is 0. The highest BCUT2D eigenvalue weighted by atomic mass is 79.9. The summed E-state index contributed by atoms with van der Waals surface area (Å²) in [5, 5.41) is 14.4. The molecule has 2 aromatic carbocycles. The van der Waals surface area contributed by atoms with Gasteiger partial charge < -0.3 is 16.3 Å². The number of benzene rings is 2. The average Bonchev–Trinajstić information content (AvgIpc) is 2.47. The normalized spacial score (nSPS) is 11.2. The van der Waals surface area contributed by atoms with Crippen LogP contribution >= 0.6 is 15.9 Å². The fourth-order valence-corrected chi connectivity index (χ4v) is 2.09. The molecule has 2 rings (SSSR count). The maximum Gasteiger partial charge on any atom is 0.255 e. The first-order valence-electron chi connectivity index (χ1n) is 5.75. The number of anilines is 1. The Hall–Kier alpha value is -2.34. The van der Waals surface area contributed by atoms with E-state index in [1.807, 2.05) is 6.07 Å². The molecule has 0 aliphatic carbocycles. The second-order valence-electron chi connectivity index (χ2n) is 4.00. The third-order valence-electron chi connectivity index (χ3n) is 2.65. The van der Waals surface area contributed by atoms with Crippen molar-refractivity contribution in [1.29, 1.82) is 0 Å². The number of amides is 1. The SMILES string of the molecule is N/C(=N/O)c1ccccc1NC(=O)c1cccc(Br)c1. The van der Waals surface area contributed by atoms with Crippen LogP contribution in [-0.4, -0.2) is 17.0 Å². The first kappa shape index (κ1) is 14.1. The van der Waals surface area contributed by atoms with Crippen molar-refractivity contribution in [3.63, 3.8) is 0 Å². The van der Waals surface area contributed by atoms with Crippen LogP contribution in [0.5, 0.6) is 0 Å². The number of carbonyl (C=O) groups is 1. The van der Waals surface area contributed by atoms with Crippen LogP contribution in [0.3, 0.4) is 0 Å². The molecule has 1 amide bonds. The summed E-state index contributed by atoms with van der Waals surface area (Å²) in [5.74, 6) is -0.334. The zero-order chi connectivity index (χ0) is 14.5. The van der Waals surface area contributed by atoms with Crippen LogP contribution in [0.15, 0.2) is 58.2 Å². The highest BCUT2D eigenvalue weighted by molar-refractivity contribution is 9.10. The molecule has 2 aromatic rings. The van der Waals surface area contributed by atoms with E-state index in [0.717, 1.165) is 4.47 Å². The molecular weight excluding hydrogens is 322 g/mol. The van der Waals surface area contributed by atoms with Crippen molar-refractivity contribution >= 4 is 33.4 Å². The summed E-state index contributed by atoms with van der Waals surface area (Å²) >= 11 is 3.31. The van der Waals surface area contributed by atoms with Gasteiger partial charge in [0.15, 0.2) is 5.84 Å². The molecule has 0 saturated heterocycles. The van der Waals surface area contributed by atoms with Crippen LogP contribution in [0, 0.1) is 0 Å². The van der Waals surface area contributed by atoms with E-state index in [1.54, 1.807) is 42.5 Å². The highest BCUT2D eigenvalue weighted by Gasteiger charge is 2.11. The van der Waals surface area contributed by atoms with Crippen molar-refractivity contribution in [2.75, 3.05) is 5.32 Å². The van der Waals surface area contributed by atoms with E-state index in [-0.39, 0.29) is 11.7 Å². The fourth-order valence-electron chi connectivity index (χ4n) is 1.69. The number of halogens is 1. The number of nitrogens with one attached hydrogen (secondary N) is 1. The summed E-state index contributed by atoms with van der Waals surface area (Å²) in [6.07, 6.45) is 0. The Morgan fingerprint density at radius 2 is 1.95 bits per heavy atom. The van der Waals surface area contributed by atoms with Gasteiger partial charge in [0.2, 0.25) is 0 Å². The molecule has 0 unspecified atom stereocenters. The summed E-state index contributed by atoms with van der Waals surface area (Å²) in [6.45, 7) is 0. The van der Waals surface area contributed by atoms with Crippen LogP contribution in [0.2, 0.25) is 0 Å². The van der Waals surface area contributed by atoms with Crippen molar-refractivity contribution in [2.45, 2.75) is 0 Å². The summed E-state index contributed by atoms with van der Waals surface area (Å²) in [6, 6.07) is 13.9. The van der Waals surface area contributed by atoms with Crippen molar-refractivity contribution in [3.05, 3.63) is 64.1 Å². The molecule has 0 radical (unpaired) electrons. The van der Waals surface area contributed by atoms with E-state index in [1.165, 1.54) is 0 Å². The molecular formula is C14H12BrN3O2. The summed E-state index contributed by atoms with van der Waals surface area (Å²) in [4.78, 5) is 12.2. The molecule has 102 valence electrons. The molecule has 0 fully saturated rings. The number of oxime groups is 1. The first-order chi connectivity index (χ1) is 9.61. The van der Waals surface area contributed by atoms with Gasteiger partial charge in [0.1, 0.15) is 0 Å². The van der Waals surface area contributed by atoms with Gasteiger partial charge >= 0.3 is 0 Å². The molecule has 0 aliphatic heterocycles. The number of hydrogen-bond donors (Lipinski definition) is 3. The number of carbonyl (C=O) groups excluding carboxylic acids is 1.